The van der Waals surface area contributed by atoms with Crippen molar-refractivity contribution in [2.75, 3.05) is 19.5 Å². The molecule has 9 heteroatoms. The molecule has 0 aliphatic carbocycles. The Hall–Kier alpha value is -4.27. The number of anilines is 1. The number of aromatic carboxylic acids is 2. The largest absolute Gasteiger partial charge is 0.497 e. The minimum absolute atomic E-state index is 0.0573. The highest BCUT2D eigenvalue weighted by Gasteiger charge is 2.35. The van der Waals surface area contributed by atoms with Crippen LogP contribution >= 0.6 is 0 Å². The Labute approximate surface area is 182 Å². The van der Waals surface area contributed by atoms with Gasteiger partial charge in [-0.15, -0.1) is 0 Å². The minimum Gasteiger partial charge on any atom is -0.497 e. The predicted molar refractivity (Wildman–Crippen MR) is 114 cm³/mol. The molecule has 0 saturated heterocycles. The van der Waals surface area contributed by atoms with E-state index in [9.17, 15) is 24.6 Å². The van der Waals surface area contributed by atoms with Gasteiger partial charge in [0.15, 0.2) is 0 Å². The summed E-state index contributed by atoms with van der Waals surface area (Å²) in [6, 6.07) is 11.3. The molecule has 3 aromatic rings. The van der Waals surface area contributed by atoms with E-state index < -0.39 is 17.9 Å². The van der Waals surface area contributed by atoms with E-state index in [4.69, 9.17) is 9.47 Å². The maximum atomic E-state index is 12.5. The van der Waals surface area contributed by atoms with Gasteiger partial charge in [-0.05, 0) is 29.8 Å². The first-order valence-electron chi connectivity index (χ1n) is 9.68. The topological polar surface area (TPSA) is 127 Å². The molecule has 0 bridgehead atoms. The second kappa shape index (κ2) is 8.10. The summed E-state index contributed by atoms with van der Waals surface area (Å²) in [4.78, 5) is 35.6. The lowest BCUT2D eigenvalue weighted by Gasteiger charge is -2.26. The standard InChI is InChI=1S/C23H20N2O7/c1-31-14-7-8-17(18(9-14)32-2)25-11-16(23(29)30)20-21(25)15(10-19(26)24-20)12-3-5-13(6-4-12)22(27)28/h3-9,11,15H,10H2,1-2H3,(H,24,26)(H,27,28)(H,29,30)/t15-/m1/s1. The van der Waals surface area contributed by atoms with Gasteiger partial charge in [-0.1, -0.05) is 12.1 Å². The van der Waals surface area contributed by atoms with Crippen molar-refractivity contribution in [2.24, 2.45) is 0 Å². The lowest BCUT2D eigenvalue weighted by Crippen LogP contribution is -2.25. The number of carbonyl (C=O) groups is 3. The van der Waals surface area contributed by atoms with E-state index in [0.29, 0.717) is 28.4 Å². The fraction of sp³-hybridized carbons (Fsp3) is 0.174. The maximum Gasteiger partial charge on any atom is 0.339 e. The van der Waals surface area contributed by atoms with Crippen LogP contribution < -0.4 is 14.8 Å². The molecule has 3 N–H and O–H groups in total. The summed E-state index contributed by atoms with van der Waals surface area (Å²) in [6.07, 6.45) is 1.52. The SMILES string of the molecule is COc1ccc(-n2cc(C(=O)O)c3c2[C@@H](c2ccc(C(=O)O)cc2)CC(=O)N3)c(OC)c1. The van der Waals surface area contributed by atoms with E-state index in [-0.39, 0.29) is 29.1 Å². The zero-order chi connectivity index (χ0) is 23.0. The summed E-state index contributed by atoms with van der Waals surface area (Å²) < 4.78 is 12.4. The van der Waals surface area contributed by atoms with Gasteiger partial charge < -0.3 is 29.6 Å². The lowest BCUT2D eigenvalue weighted by atomic mass is 9.87. The molecule has 1 aromatic heterocycles. The number of hydrogen-bond acceptors (Lipinski definition) is 5. The van der Waals surface area contributed by atoms with Crippen molar-refractivity contribution in [2.45, 2.75) is 12.3 Å². The van der Waals surface area contributed by atoms with E-state index in [0.717, 1.165) is 0 Å². The van der Waals surface area contributed by atoms with E-state index >= 15 is 0 Å². The zero-order valence-corrected chi connectivity index (χ0v) is 17.3. The Morgan fingerprint density at radius 3 is 2.34 bits per heavy atom. The van der Waals surface area contributed by atoms with Crippen LogP contribution in [0.2, 0.25) is 0 Å². The number of rotatable bonds is 6. The van der Waals surface area contributed by atoms with Gasteiger partial charge in [-0.3, -0.25) is 4.79 Å². The number of nitrogens with zero attached hydrogens (tertiary/aromatic N) is 1. The highest BCUT2D eigenvalue weighted by Crippen LogP contribution is 2.43. The number of fused-ring (bicyclic) bond motifs is 1. The van der Waals surface area contributed by atoms with Crippen molar-refractivity contribution in [3.8, 4) is 17.2 Å². The van der Waals surface area contributed by atoms with Crippen molar-refractivity contribution < 1.29 is 34.1 Å². The first-order chi connectivity index (χ1) is 15.3. The number of carboxylic acid groups (broad SMARTS) is 2. The van der Waals surface area contributed by atoms with Crippen molar-refractivity contribution in [3.05, 3.63) is 71.0 Å². The second-order valence-electron chi connectivity index (χ2n) is 7.25. The smallest absolute Gasteiger partial charge is 0.339 e. The average Bonchev–Trinajstić information content (AvgIpc) is 3.17. The highest BCUT2D eigenvalue weighted by molar-refractivity contribution is 6.04. The number of nitrogens with one attached hydrogen (secondary N) is 1. The van der Waals surface area contributed by atoms with E-state index in [1.54, 1.807) is 34.9 Å². The second-order valence-corrected chi connectivity index (χ2v) is 7.25. The van der Waals surface area contributed by atoms with Crippen LogP contribution in [0.5, 0.6) is 11.5 Å². The van der Waals surface area contributed by atoms with Crippen LogP contribution in [-0.2, 0) is 4.79 Å². The van der Waals surface area contributed by atoms with Crippen LogP contribution in [0.1, 0.15) is 44.3 Å². The lowest BCUT2D eigenvalue weighted by molar-refractivity contribution is -0.116. The number of carbonyl (C=O) groups excluding carboxylic acids is 1. The minimum atomic E-state index is -1.19. The third-order valence-electron chi connectivity index (χ3n) is 5.46. The molecule has 1 amide bonds. The monoisotopic (exact) mass is 436 g/mol. The van der Waals surface area contributed by atoms with Crippen LogP contribution in [0.3, 0.4) is 0 Å². The number of aromatic nitrogens is 1. The Bertz CT molecular complexity index is 1230. The maximum absolute atomic E-state index is 12.5. The number of benzene rings is 2. The number of methoxy groups -OCH3 is 2. The van der Waals surface area contributed by atoms with Gasteiger partial charge in [0, 0.05) is 24.6 Å². The van der Waals surface area contributed by atoms with Gasteiger partial charge in [-0.25, -0.2) is 9.59 Å². The predicted octanol–water partition coefficient (Wildman–Crippen LogP) is 3.37. The number of carboxylic acids is 2. The molecule has 9 nitrogen and oxygen atoms in total. The molecule has 32 heavy (non-hydrogen) atoms. The number of ether oxygens (including phenoxy) is 2. The number of hydrogen-bond donors (Lipinski definition) is 3. The fourth-order valence-corrected chi connectivity index (χ4v) is 3.95. The first-order valence-corrected chi connectivity index (χ1v) is 9.68. The molecule has 0 spiro atoms. The summed E-state index contributed by atoms with van der Waals surface area (Å²) in [5.41, 5.74) is 2.09. The Kier molecular flexibility index (Phi) is 5.31. The molecule has 2 heterocycles. The van der Waals surface area contributed by atoms with Gasteiger partial charge in [0.2, 0.25) is 5.91 Å². The fourth-order valence-electron chi connectivity index (χ4n) is 3.95. The third-order valence-corrected chi connectivity index (χ3v) is 5.46. The van der Waals surface area contributed by atoms with E-state index in [2.05, 4.69) is 5.32 Å². The summed E-state index contributed by atoms with van der Waals surface area (Å²) in [6.45, 7) is 0. The van der Waals surface area contributed by atoms with Gasteiger partial charge in [0.1, 0.15) is 17.1 Å². The molecule has 0 radical (unpaired) electrons. The van der Waals surface area contributed by atoms with E-state index in [1.807, 2.05) is 0 Å². The third kappa shape index (κ3) is 3.53. The molecule has 0 unspecified atom stereocenters. The Morgan fingerprint density at radius 1 is 1.03 bits per heavy atom. The molecule has 1 aliphatic heterocycles. The highest BCUT2D eigenvalue weighted by atomic mass is 16.5. The molecule has 4 rings (SSSR count). The summed E-state index contributed by atoms with van der Waals surface area (Å²) >= 11 is 0. The summed E-state index contributed by atoms with van der Waals surface area (Å²) in [5.74, 6) is -2.05. The van der Waals surface area contributed by atoms with Gasteiger partial charge >= 0.3 is 11.9 Å². The van der Waals surface area contributed by atoms with Crippen LogP contribution in [0, 0.1) is 0 Å². The van der Waals surface area contributed by atoms with Crippen molar-refractivity contribution >= 4 is 23.5 Å². The molecular formula is C23H20N2O7. The van der Waals surface area contributed by atoms with Crippen molar-refractivity contribution in [3.63, 3.8) is 0 Å². The first kappa shape index (κ1) is 21.0. The quantitative estimate of drug-likeness (QED) is 0.541. The number of amides is 1. The van der Waals surface area contributed by atoms with Gasteiger partial charge in [0.05, 0.1) is 36.9 Å². The molecule has 1 atom stereocenters. The van der Waals surface area contributed by atoms with Crippen molar-refractivity contribution in [1.29, 1.82) is 0 Å². The van der Waals surface area contributed by atoms with Crippen LogP contribution in [-0.4, -0.2) is 46.8 Å². The molecule has 0 saturated carbocycles. The molecule has 164 valence electrons. The van der Waals surface area contributed by atoms with Crippen LogP contribution in [0.4, 0.5) is 5.69 Å². The van der Waals surface area contributed by atoms with Gasteiger partial charge in [0.25, 0.3) is 0 Å². The Balaban J connectivity index is 1.95. The zero-order valence-electron chi connectivity index (χ0n) is 17.3. The van der Waals surface area contributed by atoms with Gasteiger partial charge in [-0.2, -0.15) is 0 Å². The summed E-state index contributed by atoms with van der Waals surface area (Å²) in [7, 11) is 3.02. The summed E-state index contributed by atoms with van der Waals surface area (Å²) in [5, 5.41) is 21.6. The van der Waals surface area contributed by atoms with Crippen LogP contribution in [0.25, 0.3) is 5.69 Å². The van der Waals surface area contributed by atoms with Crippen LogP contribution in [0.15, 0.2) is 48.7 Å². The molecule has 2 aromatic carbocycles. The molecule has 0 fully saturated rings. The normalized spacial score (nSPS) is 14.9. The van der Waals surface area contributed by atoms with Crippen molar-refractivity contribution in [1.82, 2.24) is 4.57 Å². The average molecular weight is 436 g/mol. The van der Waals surface area contributed by atoms with E-state index in [1.165, 1.54) is 32.5 Å². The molecule has 1 aliphatic rings. The Morgan fingerprint density at radius 2 is 1.75 bits per heavy atom. The molecular weight excluding hydrogens is 416 g/mol.